The molecule has 5 aromatic rings. The summed E-state index contributed by atoms with van der Waals surface area (Å²) in [4.78, 5) is 51.0. The van der Waals surface area contributed by atoms with Gasteiger partial charge in [-0.05, 0) is 134 Å². The van der Waals surface area contributed by atoms with Crippen LogP contribution in [0.2, 0.25) is 0 Å². The van der Waals surface area contributed by atoms with Gasteiger partial charge in [0, 0.05) is 65.1 Å². The zero-order valence-electron chi connectivity index (χ0n) is 45.6. The number of halogens is 3. The molecular weight excluding hydrogens is 1010 g/mol. The molecule has 0 aromatic heterocycles. The Kier molecular flexibility index (Phi) is 21.2. The van der Waals surface area contributed by atoms with E-state index in [9.17, 15) is 43.0 Å². The van der Waals surface area contributed by atoms with E-state index in [-0.39, 0.29) is 31.2 Å². The van der Waals surface area contributed by atoms with E-state index in [2.05, 4.69) is 41.9 Å². The molecule has 0 radical (unpaired) electrons. The number of nitrogens with one attached hydrogen (secondary N) is 2. The fraction of sp³-hybridized carbons (Fsp3) is 0.476. The lowest BCUT2D eigenvalue weighted by Crippen LogP contribution is -2.54. The van der Waals surface area contributed by atoms with Crippen LogP contribution in [-0.2, 0) is 37.5 Å². The van der Waals surface area contributed by atoms with E-state index in [0.717, 1.165) is 102 Å². The van der Waals surface area contributed by atoms with Crippen molar-refractivity contribution < 1.29 is 57.1 Å². The van der Waals surface area contributed by atoms with Crippen LogP contribution in [0.5, 0.6) is 5.75 Å². The van der Waals surface area contributed by atoms with E-state index in [0.29, 0.717) is 65.9 Å². The molecule has 0 aliphatic carbocycles. The molecule has 0 bridgehead atoms. The monoisotopic (exact) mass is 1090 g/mol. The number of amides is 3. The molecule has 3 saturated heterocycles. The molecule has 79 heavy (non-hydrogen) atoms. The zero-order chi connectivity index (χ0) is 55.8. The summed E-state index contributed by atoms with van der Waals surface area (Å²) in [5, 5.41) is 38.5. The maximum absolute atomic E-state index is 14.8. The van der Waals surface area contributed by atoms with E-state index >= 15 is 0 Å². The van der Waals surface area contributed by atoms with Crippen LogP contribution in [0, 0.1) is 23.4 Å². The summed E-state index contributed by atoms with van der Waals surface area (Å²) in [7, 11) is 2.16. The summed E-state index contributed by atoms with van der Waals surface area (Å²) >= 11 is 0. The third-order valence-corrected chi connectivity index (χ3v) is 16.6. The van der Waals surface area contributed by atoms with Gasteiger partial charge in [0.1, 0.15) is 36.1 Å². The highest BCUT2D eigenvalue weighted by Crippen LogP contribution is 2.44. The molecule has 5 aromatic carbocycles. The number of carbonyl (C=O) groups excluding carboxylic acids is 3. The van der Waals surface area contributed by atoms with Crippen LogP contribution in [0.1, 0.15) is 117 Å². The van der Waals surface area contributed by atoms with Crippen molar-refractivity contribution in [3.63, 3.8) is 0 Å². The van der Waals surface area contributed by atoms with Gasteiger partial charge in [-0.3, -0.25) is 14.4 Å². The largest absolute Gasteiger partial charge is 0.391 e. The smallest absolute Gasteiger partial charge is 0.246 e. The van der Waals surface area contributed by atoms with Gasteiger partial charge >= 0.3 is 0 Å². The Morgan fingerprint density at radius 1 is 0.747 bits per heavy atom. The number of quaternary nitrogens is 1. The first-order valence-electron chi connectivity index (χ1n) is 28.4. The van der Waals surface area contributed by atoms with Crippen LogP contribution in [0.25, 0.3) is 0 Å². The van der Waals surface area contributed by atoms with Gasteiger partial charge in [0.2, 0.25) is 17.7 Å². The zero-order valence-corrected chi connectivity index (χ0v) is 45.6. The minimum absolute atomic E-state index is 0.0341. The number of carbonyl (C=O) groups is 3. The van der Waals surface area contributed by atoms with Crippen LogP contribution >= 0.6 is 0 Å². The number of ether oxygens (including phenoxy) is 1. The molecule has 4 atom stereocenters. The SMILES string of the molecule is C[N+]1(Cc2cc(C(O)CNCCCCCCOCCCCc3ccccc3)ccc2OO)CCC(CNC(=O)[C@H]2CCCN2C(=O)[C@@H]2C[C@@H](O)CN2C(=O)CC(c2ccc(F)cc2)(c2ccc(F)cc2)c2ccc(F)cc2)CC1. The third-order valence-electron chi connectivity index (χ3n) is 16.6. The van der Waals surface area contributed by atoms with Crippen molar-refractivity contribution in [1.82, 2.24) is 20.4 Å². The standard InChI is InChI=1S/C63H78F3N5O8/c1-71(44-48-38-47(16-29-59(48)79-77)58(73)42-67-32-8-2-3-9-36-78-37-10-7-14-45-12-5-4-6-13-45)34-30-46(31-35-71)41-68-61(75)56-15-11-33-69(56)62(76)57-39-55(72)43-70(57)60(74)40-63(49-17-23-52(64)24-18-49,50-19-25-53(65)26-20-50)51-21-27-54(66)28-22-51/h4-6,12-13,16-29,38,46,55-58,67,72-73H,2-3,7-11,14-15,30-37,39-44H2,1H3,(H-,68,75,77)/p+1/t46?,55-,56-,57+,58?,71?/m1/s1. The molecule has 1 unspecified atom stereocenters. The van der Waals surface area contributed by atoms with Gasteiger partial charge in [-0.15, -0.1) is 0 Å². The maximum atomic E-state index is 14.8. The first-order chi connectivity index (χ1) is 38.2. The van der Waals surface area contributed by atoms with Crippen molar-refractivity contribution in [1.29, 1.82) is 0 Å². The van der Waals surface area contributed by atoms with Crippen molar-refractivity contribution in [3.8, 4) is 5.75 Å². The van der Waals surface area contributed by atoms with Gasteiger partial charge in [0.15, 0.2) is 5.75 Å². The number of benzene rings is 5. The Labute approximate surface area is 463 Å². The number of rotatable bonds is 27. The number of aliphatic hydroxyl groups is 2. The quantitative estimate of drug-likeness (QED) is 0.0114. The molecule has 3 amide bonds. The second-order valence-corrected chi connectivity index (χ2v) is 22.3. The topological polar surface area (TPSA) is 161 Å². The van der Waals surface area contributed by atoms with Crippen molar-refractivity contribution in [2.24, 2.45) is 5.92 Å². The van der Waals surface area contributed by atoms with Crippen LogP contribution < -0.4 is 15.5 Å². The van der Waals surface area contributed by atoms with Crippen molar-refractivity contribution in [2.75, 3.05) is 66.1 Å². The molecule has 16 heteroatoms. The second-order valence-electron chi connectivity index (χ2n) is 22.3. The van der Waals surface area contributed by atoms with Crippen LogP contribution in [0.3, 0.4) is 0 Å². The highest BCUT2D eigenvalue weighted by atomic mass is 19.1. The highest BCUT2D eigenvalue weighted by Gasteiger charge is 2.48. The Morgan fingerprint density at radius 2 is 1.35 bits per heavy atom. The van der Waals surface area contributed by atoms with Gasteiger partial charge in [-0.25, -0.2) is 18.4 Å². The van der Waals surface area contributed by atoms with Crippen LogP contribution in [0.15, 0.2) is 121 Å². The second kappa shape index (κ2) is 28.3. The summed E-state index contributed by atoms with van der Waals surface area (Å²) in [5.74, 6) is -2.23. The van der Waals surface area contributed by atoms with Crippen molar-refractivity contribution in [2.45, 2.75) is 120 Å². The normalized spacial score (nSPS) is 20.8. The predicted octanol–water partition coefficient (Wildman–Crippen LogP) is 9.03. The molecular formula is C63H79F3N5O8+. The average Bonchev–Trinajstić information content (AvgIpc) is 4.27. The number of hydrogen-bond acceptors (Lipinski definition) is 9. The minimum atomic E-state index is -1.39. The molecule has 8 rings (SSSR count). The third kappa shape index (κ3) is 15.6. The lowest BCUT2D eigenvalue weighted by atomic mass is 9.67. The molecule has 5 N–H and O–H groups in total. The maximum Gasteiger partial charge on any atom is 0.246 e. The average molecular weight is 1090 g/mol. The van der Waals surface area contributed by atoms with Crippen molar-refractivity contribution >= 4 is 17.7 Å². The first-order valence-corrected chi connectivity index (χ1v) is 28.4. The number of β-amino-alcohol motifs (C(OH)–C–C–N with tert-alkyl or cyclic N) is 1. The van der Waals surface area contributed by atoms with E-state index < -0.39 is 59.0 Å². The molecule has 0 spiro atoms. The Morgan fingerprint density at radius 3 is 1.97 bits per heavy atom. The fourth-order valence-electron chi connectivity index (χ4n) is 12.0. The van der Waals surface area contributed by atoms with E-state index in [1.165, 1.54) is 88.2 Å². The van der Waals surface area contributed by atoms with Gasteiger partial charge in [0.05, 0.1) is 43.3 Å². The number of piperidine rings is 1. The molecule has 3 fully saturated rings. The Bertz CT molecular complexity index is 2620. The Balaban J connectivity index is 0.795. The minimum Gasteiger partial charge on any atom is -0.391 e. The molecule has 424 valence electrons. The summed E-state index contributed by atoms with van der Waals surface area (Å²) in [5.41, 5.74) is 2.95. The van der Waals surface area contributed by atoms with Gasteiger partial charge in [0.25, 0.3) is 0 Å². The number of unbranched alkanes of at least 4 members (excludes halogenated alkanes) is 4. The van der Waals surface area contributed by atoms with Crippen LogP contribution in [-0.4, -0.2) is 132 Å². The summed E-state index contributed by atoms with van der Waals surface area (Å²) < 4.78 is 49.7. The lowest BCUT2D eigenvalue weighted by Gasteiger charge is -2.41. The number of aryl methyl sites for hydroxylation is 1. The molecule has 3 aliphatic rings. The van der Waals surface area contributed by atoms with Crippen LogP contribution in [0.4, 0.5) is 13.2 Å². The number of likely N-dealkylation sites (tertiary alicyclic amines) is 3. The molecule has 3 aliphatic heterocycles. The molecule has 3 heterocycles. The van der Waals surface area contributed by atoms with E-state index in [1.807, 2.05) is 12.1 Å². The number of aliphatic hydroxyl groups excluding tert-OH is 2. The lowest BCUT2D eigenvalue weighted by molar-refractivity contribution is -0.928. The first kappa shape index (κ1) is 59.0. The van der Waals surface area contributed by atoms with Gasteiger partial charge in [-0.1, -0.05) is 85.6 Å². The summed E-state index contributed by atoms with van der Waals surface area (Å²) in [6.07, 6.45) is 8.07. The van der Waals surface area contributed by atoms with E-state index in [4.69, 9.17) is 9.62 Å². The van der Waals surface area contributed by atoms with Crippen molar-refractivity contribution in [3.05, 3.63) is 172 Å². The fourth-order valence-corrected chi connectivity index (χ4v) is 12.0. The Hall–Kier alpha value is -6.14. The predicted molar refractivity (Wildman–Crippen MR) is 296 cm³/mol. The highest BCUT2D eigenvalue weighted by molar-refractivity contribution is 5.93. The summed E-state index contributed by atoms with van der Waals surface area (Å²) in [6, 6.07) is 30.8. The number of hydrogen-bond donors (Lipinski definition) is 5. The van der Waals surface area contributed by atoms with Gasteiger partial charge < -0.3 is 44.8 Å². The molecule has 0 saturated carbocycles. The van der Waals surface area contributed by atoms with E-state index in [1.54, 1.807) is 12.1 Å². The number of nitrogens with zero attached hydrogens (tertiary/aromatic N) is 3. The summed E-state index contributed by atoms with van der Waals surface area (Å²) in [6.45, 7) is 5.55. The molecule has 13 nitrogen and oxygen atoms in total. The van der Waals surface area contributed by atoms with Gasteiger partial charge in [-0.2, -0.15) is 0 Å².